The fourth-order valence-corrected chi connectivity index (χ4v) is 3.34. The van der Waals surface area contributed by atoms with Crippen LogP contribution in [0.5, 0.6) is 0 Å². The van der Waals surface area contributed by atoms with Gasteiger partial charge >= 0.3 is 0 Å². The molecule has 5 nitrogen and oxygen atoms in total. The predicted molar refractivity (Wildman–Crippen MR) is 99.0 cm³/mol. The molecule has 1 N–H and O–H groups in total. The van der Waals surface area contributed by atoms with E-state index >= 15 is 0 Å². The van der Waals surface area contributed by atoms with E-state index in [1.165, 1.54) is 12.1 Å². The minimum Gasteiger partial charge on any atom is -0.334 e. The summed E-state index contributed by atoms with van der Waals surface area (Å²) in [4.78, 5) is 34.2. The van der Waals surface area contributed by atoms with E-state index in [1.54, 1.807) is 29.2 Å². The first-order valence-corrected chi connectivity index (χ1v) is 8.80. The van der Waals surface area contributed by atoms with Crippen molar-refractivity contribution >= 4 is 5.91 Å². The molecule has 0 unspecified atom stereocenters. The molecule has 6 heteroatoms. The zero-order valence-electron chi connectivity index (χ0n) is 14.6. The second-order valence-corrected chi connectivity index (χ2v) is 6.59. The van der Waals surface area contributed by atoms with Gasteiger partial charge in [-0.15, -0.1) is 0 Å². The van der Waals surface area contributed by atoms with E-state index < -0.39 is 0 Å². The first-order valence-electron chi connectivity index (χ1n) is 8.80. The van der Waals surface area contributed by atoms with Crippen LogP contribution in [0.4, 0.5) is 4.39 Å². The molecule has 0 saturated carbocycles. The lowest BCUT2D eigenvalue weighted by atomic mass is 10.0. The second-order valence-electron chi connectivity index (χ2n) is 6.59. The van der Waals surface area contributed by atoms with Crippen LogP contribution in [-0.4, -0.2) is 27.3 Å². The summed E-state index contributed by atoms with van der Waals surface area (Å²) in [6.45, 7) is 0.752. The largest absolute Gasteiger partial charge is 0.334 e. The summed E-state index contributed by atoms with van der Waals surface area (Å²) in [5, 5.41) is 0. The lowest BCUT2D eigenvalue weighted by molar-refractivity contribution is 0.0732. The van der Waals surface area contributed by atoms with E-state index in [0.717, 1.165) is 5.56 Å². The number of carbonyl (C=O) groups excluding carboxylic acids is 1. The zero-order valence-corrected chi connectivity index (χ0v) is 14.6. The monoisotopic (exact) mass is 363 g/mol. The summed E-state index contributed by atoms with van der Waals surface area (Å²) in [5.41, 5.74) is 2.34. The second kappa shape index (κ2) is 7.15. The first kappa shape index (κ1) is 17.1. The van der Waals surface area contributed by atoms with Crippen molar-refractivity contribution in [3.8, 4) is 0 Å². The third-order valence-electron chi connectivity index (χ3n) is 4.69. The minimum atomic E-state index is -0.317. The van der Waals surface area contributed by atoms with E-state index in [1.807, 2.05) is 18.2 Å². The van der Waals surface area contributed by atoms with Crippen molar-refractivity contribution in [1.29, 1.82) is 0 Å². The third kappa shape index (κ3) is 3.65. The molecule has 27 heavy (non-hydrogen) atoms. The van der Waals surface area contributed by atoms with Gasteiger partial charge in [0.15, 0.2) is 0 Å². The van der Waals surface area contributed by atoms with Crippen molar-refractivity contribution in [3.05, 3.63) is 99.0 Å². The molecule has 1 aliphatic rings. The van der Waals surface area contributed by atoms with Crippen LogP contribution < -0.4 is 5.56 Å². The van der Waals surface area contributed by atoms with Gasteiger partial charge in [0.25, 0.3) is 11.5 Å². The third-order valence-corrected chi connectivity index (χ3v) is 4.69. The van der Waals surface area contributed by atoms with Crippen molar-refractivity contribution in [1.82, 2.24) is 14.9 Å². The number of hydrogen-bond donors (Lipinski definition) is 1. The molecular weight excluding hydrogens is 345 g/mol. The van der Waals surface area contributed by atoms with E-state index in [2.05, 4.69) is 9.97 Å². The summed E-state index contributed by atoms with van der Waals surface area (Å²) in [5.74, 6) is 0.0968. The maximum atomic E-state index is 13.4. The van der Waals surface area contributed by atoms with Crippen molar-refractivity contribution in [2.75, 3.05) is 6.54 Å². The summed E-state index contributed by atoms with van der Waals surface area (Å²) < 4.78 is 13.4. The molecule has 0 saturated heterocycles. The number of rotatable bonds is 3. The molecule has 0 aliphatic carbocycles. The van der Waals surface area contributed by atoms with Crippen LogP contribution in [0.15, 0.2) is 59.4 Å². The predicted octanol–water partition coefficient (Wildman–Crippen LogP) is 2.70. The summed E-state index contributed by atoms with van der Waals surface area (Å²) in [7, 11) is 0. The maximum Gasteiger partial charge on any atom is 0.256 e. The van der Waals surface area contributed by atoms with Gasteiger partial charge in [-0.05, 0) is 29.8 Å². The van der Waals surface area contributed by atoms with Crippen LogP contribution in [0.25, 0.3) is 0 Å². The van der Waals surface area contributed by atoms with Gasteiger partial charge in [-0.25, -0.2) is 9.37 Å². The van der Waals surface area contributed by atoms with Crippen LogP contribution in [0, 0.1) is 5.82 Å². The van der Waals surface area contributed by atoms with Crippen molar-refractivity contribution < 1.29 is 9.18 Å². The normalized spacial score (nSPS) is 13.3. The number of amides is 1. The Bertz CT molecular complexity index is 1050. The highest BCUT2D eigenvalue weighted by molar-refractivity contribution is 5.94. The number of aromatic amines is 1. The minimum absolute atomic E-state index is 0.0931. The average Bonchev–Trinajstić information content (AvgIpc) is 2.68. The van der Waals surface area contributed by atoms with Gasteiger partial charge < -0.3 is 9.88 Å². The highest BCUT2D eigenvalue weighted by atomic mass is 19.1. The molecule has 0 radical (unpaired) electrons. The Morgan fingerprint density at radius 2 is 1.96 bits per heavy atom. The SMILES string of the molecule is O=C(c1ccccc1)N1CCc2nc(Cc3cccc(F)c3)[nH]c(=O)c2C1. The summed E-state index contributed by atoms with van der Waals surface area (Å²) in [6.07, 6.45) is 0.876. The lowest BCUT2D eigenvalue weighted by Crippen LogP contribution is -2.39. The zero-order chi connectivity index (χ0) is 18.8. The summed E-state index contributed by atoms with van der Waals surface area (Å²) >= 11 is 0. The van der Waals surface area contributed by atoms with E-state index in [4.69, 9.17) is 0 Å². The van der Waals surface area contributed by atoms with Gasteiger partial charge in [-0.3, -0.25) is 9.59 Å². The molecule has 2 aromatic carbocycles. The Morgan fingerprint density at radius 1 is 1.15 bits per heavy atom. The Balaban J connectivity index is 1.56. The van der Waals surface area contributed by atoms with Gasteiger partial charge in [0.2, 0.25) is 0 Å². The molecule has 0 fully saturated rings. The highest BCUT2D eigenvalue weighted by Gasteiger charge is 2.25. The molecular formula is C21H18FN3O2. The number of H-pyrrole nitrogens is 1. The smallest absolute Gasteiger partial charge is 0.256 e. The Labute approximate surface area is 155 Å². The number of hydrogen-bond acceptors (Lipinski definition) is 3. The van der Waals surface area contributed by atoms with Gasteiger partial charge in [0.1, 0.15) is 11.6 Å². The van der Waals surface area contributed by atoms with Gasteiger partial charge in [-0.2, -0.15) is 0 Å². The topological polar surface area (TPSA) is 66.1 Å². The molecule has 136 valence electrons. The van der Waals surface area contributed by atoms with Crippen LogP contribution in [0.3, 0.4) is 0 Å². The van der Waals surface area contributed by atoms with Gasteiger partial charge in [-0.1, -0.05) is 30.3 Å². The molecule has 1 aromatic heterocycles. The molecule has 2 heterocycles. The number of nitrogens with zero attached hydrogens (tertiary/aromatic N) is 2. The fourth-order valence-electron chi connectivity index (χ4n) is 3.34. The van der Waals surface area contributed by atoms with Crippen molar-refractivity contribution in [2.24, 2.45) is 0 Å². The number of fused-ring (bicyclic) bond motifs is 1. The number of benzene rings is 2. The number of carbonyl (C=O) groups is 1. The van der Waals surface area contributed by atoms with Crippen molar-refractivity contribution in [3.63, 3.8) is 0 Å². The van der Waals surface area contributed by atoms with Crippen molar-refractivity contribution in [2.45, 2.75) is 19.4 Å². The molecule has 1 amide bonds. The van der Waals surface area contributed by atoms with Gasteiger partial charge in [0, 0.05) is 24.9 Å². The molecule has 1 aliphatic heterocycles. The fraction of sp³-hybridized carbons (Fsp3) is 0.190. The van der Waals surface area contributed by atoms with Crippen LogP contribution in [0.2, 0.25) is 0 Å². The van der Waals surface area contributed by atoms with Crippen LogP contribution in [-0.2, 0) is 19.4 Å². The van der Waals surface area contributed by atoms with Crippen LogP contribution >= 0.6 is 0 Å². The van der Waals surface area contributed by atoms with E-state index in [0.29, 0.717) is 42.0 Å². The Kier molecular flexibility index (Phi) is 4.54. The number of nitrogens with one attached hydrogen (secondary N) is 1. The highest BCUT2D eigenvalue weighted by Crippen LogP contribution is 2.17. The number of halogens is 1. The number of aromatic nitrogens is 2. The van der Waals surface area contributed by atoms with E-state index in [-0.39, 0.29) is 23.8 Å². The standard InChI is InChI=1S/C21H18FN3O2/c22-16-8-4-5-14(11-16)12-19-23-18-9-10-25(13-17(18)20(26)24-19)21(27)15-6-2-1-3-7-15/h1-8,11H,9-10,12-13H2,(H,23,24,26). The van der Waals surface area contributed by atoms with Gasteiger partial charge in [0.05, 0.1) is 17.8 Å². The quantitative estimate of drug-likeness (QED) is 0.778. The Hall–Kier alpha value is -3.28. The Morgan fingerprint density at radius 3 is 2.74 bits per heavy atom. The van der Waals surface area contributed by atoms with Crippen LogP contribution in [0.1, 0.15) is 33.0 Å². The lowest BCUT2D eigenvalue weighted by Gasteiger charge is -2.28. The van der Waals surface area contributed by atoms with E-state index in [9.17, 15) is 14.0 Å². The maximum absolute atomic E-state index is 13.4. The molecule has 4 rings (SSSR count). The molecule has 0 bridgehead atoms. The molecule has 0 spiro atoms. The molecule has 3 aromatic rings. The average molecular weight is 363 g/mol. The first-order chi connectivity index (χ1) is 13.1. The molecule has 0 atom stereocenters. The summed E-state index contributed by atoms with van der Waals surface area (Å²) in [6, 6.07) is 15.3.